The summed E-state index contributed by atoms with van der Waals surface area (Å²) in [4.78, 5) is 13.6. The second-order valence-electron chi connectivity index (χ2n) is 8.25. The zero-order valence-electron chi connectivity index (χ0n) is 16.6. The molecule has 1 aliphatic heterocycles. The molecule has 0 unspecified atom stereocenters. The molecule has 1 heterocycles. The van der Waals surface area contributed by atoms with Gasteiger partial charge in [-0.05, 0) is 40.8 Å². The Morgan fingerprint density at radius 1 is 0.900 bits per heavy atom. The van der Waals surface area contributed by atoms with Crippen molar-refractivity contribution in [2.24, 2.45) is 11.3 Å². The SMILES string of the molecule is O=C1[C@H]2COC[C@@]1(C=C(c1ccccc1)c1ccccc1)[C@@H](c1ccc(Cl)cc1)C2. The molecule has 3 aromatic rings. The third-order valence-corrected chi connectivity index (χ3v) is 6.73. The number of rotatable bonds is 4. The monoisotopic (exact) mass is 414 g/mol. The zero-order valence-corrected chi connectivity index (χ0v) is 17.4. The molecule has 2 bridgehead atoms. The van der Waals surface area contributed by atoms with Gasteiger partial charge in [0.25, 0.3) is 0 Å². The molecule has 2 nitrogen and oxygen atoms in total. The first kappa shape index (κ1) is 19.3. The fourth-order valence-electron chi connectivity index (χ4n) is 5.01. The average molecular weight is 415 g/mol. The van der Waals surface area contributed by atoms with Crippen LogP contribution in [0.15, 0.2) is 91.0 Å². The number of halogens is 1. The van der Waals surface area contributed by atoms with E-state index in [1.165, 1.54) is 0 Å². The molecule has 1 aliphatic carbocycles. The van der Waals surface area contributed by atoms with Gasteiger partial charge in [0.05, 0.1) is 18.6 Å². The fraction of sp³-hybridized carbons (Fsp3) is 0.222. The van der Waals surface area contributed by atoms with Crippen LogP contribution in [0.5, 0.6) is 0 Å². The van der Waals surface area contributed by atoms with Gasteiger partial charge in [0.15, 0.2) is 5.78 Å². The molecule has 2 fully saturated rings. The van der Waals surface area contributed by atoms with Crippen molar-refractivity contribution in [1.29, 1.82) is 0 Å². The van der Waals surface area contributed by atoms with Gasteiger partial charge in [-0.1, -0.05) is 90.5 Å². The van der Waals surface area contributed by atoms with Crippen LogP contribution in [-0.2, 0) is 9.53 Å². The lowest BCUT2D eigenvalue weighted by Crippen LogP contribution is -2.41. The standard InChI is InChI=1S/C27H23ClO2/c28-23-13-11-21(12-14-23)25-15-22-17-30-18-27(25,26(22)29)16-24(19-7-3-1-4-8-19)20-9-5-2-6-10-20/h1-14,16,22,25H,15,17-18H2/t22-,25-,27+/m1/s1. The summed E-state index contributed by atoms with van der Waals surface area (Å²) >= 11 is 6.13. The van der Waals surface area contributed by atoms with Crippen molar-refractivity contribution in [2.45, 2.75) is 12.3 Å². The summed E-state index contributed by atoms with van der Waals surface area (Å²) in [6.07, 6.45) is 3.01. The third kappa shape index (κ3) is 3.30. The molecule has 3 aromatic carbocycles. The van der Waals surface area contributed by atoms with Crippen molar-refractivity contribution in [3.63, 3.8) is 0 Å². The number of hydrogen-bond donors (Lipinski definition) is 0. The van der Waals surface area contributed by atoms with Crippen molar-refractivity contribution in [1.82, 2.24) is 0 Å². The van der Waals surface area contributed by atoms with Crippen LogP contribution in [0.1, 0.15) is 29.0 Å². The molecule has 5 rings (SSSR count). The van der Waals surface area contributed by atoms with Crippen molar-refractivity contribution >= 4 is 23.0 Å². The summed E-state index contributed by atoms with van der Waals surface area (Å²) in [6.45, 7) is 0.934. The quantitative estimate of drug-likeness (QED) is 0.511. The molecule has 2 aliphatic rings. The largest absolute Gasteiger partial charge is 0.379 e. The highest BCUT2D eigenvalue weighted by molar-refractivity contribution is 6.30. The summed E-state index contributed by atoms with van der Waals surface area (Å²) < 4.78 is 5.99. The Morgan fingerprint density at radius 2 is 1.50 bits per heavy atom. The van der Waals surface area contributed by atoms with Gasteiger partial charge < -0.3 is 4.74 Å². The van der Waals surface area contributed by atoms with Gasteiger partial charge in [-0.2, -0.15) is 0 Å². The van der Waals surface area contributed by atoms with E-state index in [2.05, 4.69) is 42.5 Å². The smallest absolute Gasteiger partial charge is 0.151 e. The average Bonchev–Trinajstić information content (AvgIpc) is 2.94. The van der Waals surface area contributed by atoms with Crippen LogP contribution < -0.4 is 0 Å². The number of hydrogen-bond acceptors (Lipinski definition) is 2. The van der Waals surface area contributed by atoms with Gasteiger partial charge in [0.1, 0.15) is 0 Å². The third-order valence-electron chi connectivity index (χ3n) is 6.48. The van der Waals surface area contributed by atoms with Crippen LogP contribution in [0.4, 0.5) is 0 Å². The lowest BCUT2D eigenvalue weighted by atomic mass is 9.71. The fourth-order valence-corrected chi connectivity index (χ4v) is 5.13. The Bertz CT molecular complexity index is 1030. The predicted molar refractivity (Wildman–Crippen MR) is 121 cm³/mol. The summed E-state index contributed by atoms with van der Waals surface area (Å²) in [5.74, 6) is 0.332. The summed E-state index contributed by atoms with van der Waals surface area (Å²) in [5.41, 5.74) is 3.77. The van der Waals surface area contributed by atoms with Crippen LogP contribution in [0.25, 0.3) is 5.57 Å². The molecule has 0 aromatic heterocycles. The van der Waals surface area contributed by atoms with Gasteiger partial charge >= 0.3 is 0 Å². The first-order chi connectivity index (χ1) is 14.7. The van der Waals surface area contributed by atoms with E-state index in [1.807, 2.05) is 48.5 Å². The van der Waals surface area contributed by atoms with Crippen molar-refractivity contribution in [2.75, 3.05) is 13.2 Å². The molecule has 3 heteroatoms. The van der Waals surface area contributed by atoms with E-state index in [4.69, 9.17) is 16.3 Å². The summed E-state index contributed by atoms with van der Waals surface area (Å²) in [7, 11) is 0. The minimum atomic E-state index is -0.669. The minimum absolute atomic E-state index is 0.0523. The van der Waals surface area contributed by atoms with Crippen LogP contribution in [-0.4, -0.2) is 19.0 Å². The van der Waals surface area contributed by atoms with Crippen LogP contribution in [0.2, 0.25) is 5.02 Å². The van der Waals surface area contributed by atoms with Gasteiger partial charge in [-0.25, -0.2) is 0 Å². The Labute approximate surface area is 182 Å². The maximum atomic E-state index is 13.6. The number of carbonyl (C=O) groups excluding carboxylic acids is 1. The minimum Gasteiger partial charge on any atom is -0.379 e. The van der Waals surface area contributed by atoms with Crippen LogP contribution in [0.3, 0.4) is 0 Å². The normalized spacial score (nSPS) is 25.2. The molecular weight excluding hydrogens is 392 g/mol. The predicted octanol–water partition coefficient (Wildman–Crippen LogP) is 6.16. The van der Waals surface area contributed by atoms with Gasteiger partial charge in [0, 0.05) is 16.9 Å². The number of ether oxygens (including phenoxy) is 1. The van der Waals surface area contributed by atoms with E-state index in [1.54, 1.807) is 0 Å². The molecule has 150 valence electrons. The highest BCUT2D eigenvalue weighted by Gasteiger charge is 2.56. The first-order valence-electron chi connectivity index (χ1n) is 10.4. The van der Waals surface area contributed by atoms with E-state index in [9.17, 15) is 4.79 Å². The molecule has 1 saturated heterocycles. The molecule has 3 atom stereocenters. The van der Waals surface area contributed by atoms with E-state index in [0.29, 0.717) is 24.0 Å². The van der Waals surface area contributed by atoms with E-state index in [-0.39, 0.29) is 11.8 Å². The summed E-state index contributed by atoms with van der Waals surface area (Å²) in [6, 6.07) is 28.5. The number of fused-ring (bicyclic) bond motifs is 2. The zero-order chi connectivity index (χ0) is 20.6. The second-order valence-corrected chi connectivity index (χ2v) is 8.68. The second kappa shape index (κ2) is 7.86. The van der Waals surface area contributed by atoms with Crippen LogP contribution >= 0.6 is 11.6 Å². The molecule has 0 N–H and O–H groups in total. The van der Waals surface area contributed by atoms with Crippen molar-refractivity contribution < 1.29 is 9.53 Å². The van der Waals surface area contributed by atoms with E-state index >= 15 is 0 Å². The summed E-state index contributed by atoms with van der Waals surface area (Å²) in [5, 5.41) is 0.709. The van der Waals surface area contributed by atoms with Gasteiger partial charge in [-0.15, -0.1) is 0 Å². The molecule has 0 radical (unpaired) electrons. The van der Waals surface area contributed by atoms with E-state index < -0.39 is 5.41 Å². The number of benzene rings is 3. The first-order valence-corrected chi connectivity index (χ1v) is 10.8. The Morgan fingerprint density at radius 3 is 2.10 bits per heavy atom. The molecule has 30 heavy (non-hydrogen) atoms. The Balaban J connectivity index is 1.69. The maximum absolute atomic E-state index is 13.6. The lowest BCUT2D eigenvalue weighted by Gasteiger charge is -2.34. The van der Waals surface area contributed by atoms with E-state index in [0.717, 1.165) is 28.7 Å². The highest BCUT2D eigenvalue weighted by atomic mass is 35.5. The Hall–Kier alpha value is -2.68. The number of ketones is 1. The molecule has 1 saturated carbocycles. The molecule has 0 spiro atoms. The number of Topliss-reactive ketones (excluding diaryl/α,β-unsaturated/α-hetero) is 1. The topological polar surface area (TPSA) is 26.3 Å². The van der Waals surface area contributed by atoms with Gasteiger partial charge in [0.2, 0.25) is 0 Å². The molecule has 0 amide bonds. The van der Waals surface area contributed by atoms with Crippen LogP contribution in [0, 0.1) is 11.3 Å². The lowest BCUT2D eigenvalue weighted by molar-refractivity contribution is -0.137. The molecular formula is C27H23ClO2. The van der Waals surface area contributed by atoms with Crippen molar-refractivity contribution in [3.8, 4) is 0 Å². The van der Waals surface area contributed by atoms with Gasteiger partial charge in [-0.3, -0.25) is 4.79 Å². The maximum Gasteiger partial charge on any atom is 0.151 e. The van der Waals surface area contributed by atoms with Crippen molar-refractivity contribution in [3.05, 3.63) is 113 Å². The Kier molecular flexibility index (Phi) is 5.06. The number of carbonyl (C=O) groups is 1. The highest BCUT2D eigenvalue weighted by Crippen LogP contribution is 2.54.